The molecule has 3 rings (SSSR count). The Labute approximate surface area is 149 Å². The normalized spacial score (nSPS) is 17.5. The van der Waals surface area contributed by atoms with E-state index in [1.165, 1.54) is 11.3 Å². The van der Waals surface area contributed by atoms with Crippen LogP contribution in [0.3, 0.4) is 0 Å². The van der Waals surface area contributed by atoms with E-state index in [1.54, 1.807) is 11.0 Å². The van der Waals surface area contributed by atoms with Gasteiger partial charge in [0.15, 0.2) is 0 Å². The molecule has 0 saturated carbocycles. The molecule has 1 fully saturated rings. The molecule has 1 aromatic carbocycles. The molecule has 2 aromatic rings. The van der Waals surface area contributed by atoms with Crippen molar-refractivity contribution in [3.05, 3.63) is 57.2 Å². The number of nitrogens with zero attached hydrogens (tertiary/aromatic N) is 1. The van der Waals surface area contributed by atoms with Crippen LogP contribution in [0.2, 0.25) is 5.02 Å². The maximum absolute atomic E-state index is 12.6. The number of thiophene rings is 1. The molecule has 0 aliphatic carbocycles. The molecule has 1 aromatic heterocycles. The lowest BCUT2D eigenvalue weighted by Crippen LogP contribution is -2.51. The fraction of sp³-hybridized carbons (Fsp3) is 0.294. The van der Waals surface area contributed by atoms with Crippen molar-refractivity contribution in [1.29, 1.82) is 0 Å². The van der Waals surface area contributed by atoms with Gasteiger partial charge >= 0.3 is 0 Å². The summed E-state index contributed by atoms with van der Waals surface area (Å²) in [6, 6.07) is 11.0. The summed E-state index contributed by atoms with van der Waals surface area (Å²) < 4.78 is 0. The zero-order valence-corrected chi connectivity index (χ0v) is 14.6. The number of hydrogen-bond acceptors (Lipinski definition) is 4. The molecule has 0 radical (unpaired) electrons. The topological polar surface area (TPSA) is 61.4 Å². The highest BCUT2D eigenvalue weighted by atomic mass is 35.5. The van der Waals surface area contributed by atoms with E-state index in [1.807, 2.05) is 35.7 Å². The van der Waals surface area contributed by atoms with Gasteiger partial charge in [0.2, 0.25) is 5.91 Å². The highest BCUT2D eigenvalue weighted by Gasteiger charge is 2.29. The molecule has 1 saturated heterocycles. The first-order valence-corrected chi connectivity index (χ1v) is 8.99. The Morgan fingerprint density at radius 1 is 1.29 bits per heavy atom. The van der Waals surface area contributed by atoms with Crippen LogP contribution in [0.4, 0.5) is 0 Å². The number of rotatable bonds is 4. The van der Waals surface area contributed by atoms with Gasteiger partial charge in [-0.1, -0.05) is 35.9 Å². The van der Waals surface area contributed by atoms with E-state index < -0.39 is 0 Å². The van der Waals surface area contributed by atoms with E-state index >= 15 is 0 Å². The summed E-state index contributed by atoms with van der Waals surface area (Å²) in [7, 11) is 0. The minimum absolute atomic E-state index is 0.0162. The molecule has 1 unspecified atom stereocenters. The van der Waals surface area contributed by atoms with Gasteiger partial charge in [0.25, 0.3) is 5.91 Å². The molecule has 1 aliphatic rings. The first kappa shape index (κ1) is 17.0. The van der Waals surface area contributed by atoms with E-state index in [0.717, 1.165) is 12.1 Å². The molecule has 126 valence electrons. The molecular weight excluding hydrogens is 346 g/mol. The van der Waals surface area contributed by atoms with E-state index in [-0.39, 0.29) is 24.4 Å². The molecule has 0 spiro atoms. The number of piperazine rings is 1. The highest BCUT2D eigenvalue weighted by molar-refractivity contribution is 7.12. The average molecular weight is 364 g/mol. The fourth-order valence-electron chi connectivity index (χ4n) is 2.78. The molecule has 24 heavy (non-hydrogen) atoms. The van der Waals surface area contributed by atoms with Gasteiger partial charge in [-0.3, -0.25) is 9.59 Å². The summed E-state index contributed by atoms with van der Waals surface area (Å²) in [6.07, 6.45) is 0. The Hall–Kier alpha value is -1.89. The Kier molecular flexibility index (Phi) is 5.50. The molecule has 2 heterocycles. The summed E-state index contributed by atoms with van der Waals surface area (Å²) in [5.74, 6) is -0.325. The van der Waals surface area contributed by atoms with Crippen LogP contribution in [0.15, 0.2) is 41.8 Å². The summed E-state index contributed by atoms with van der Waals surface area (Å²) in [5.41, 5.74) is 0.921. The van der Waals surface area contributed by atoms with E-state index in [0.29, 0.717) is 23.0 Å². The van der Waals surface area contributed by atoms with E-state index in [2.05, 4.69) is 10.6 Å². The van der Waals surface area contributed by atoms with Crippen LogP contribution in [0.25, 0.3) is 0 Å². The summed E-state index contributed by atoms with van der Waals surface area (Å²) in [5, 5.41) is 8.47. The van der Waals surface area contributed by atoms with Gasteiger partial charge in [-0.2, -0.15) is 0 Å². The molecule has 2 amide bonds. The molecule has 0 bridgehead atoms. The predicted octanol–water partition coefficient (Wildman–Crippen LogP) is 2.30. The maximum Gasteiger partial charge on any atom is 0.261 e. The second-order valence-electron chi connectivity index (χ2n) is 5.49. The van der Waals surface area contributed by atoms with Crippen molar-refractivity contribution in [3.8, 4) is 0 Å². The number of benzene rings is 1. The largest absolute Gasteiger partial charge is 0.342 e. The fourth-order valence-corrected chi connectivity index (χ4v) is 3.68. The first-order chi connectivity index (χ1) is 11.7. The second-order valence-corrected chi connectivity index (χ2v) is 6.84. The Morgan fingerprint density at radius 3 is 2.88 bits per heavy atom. The van der Waals surface area contributed by atoms with Crippen LogP contribution in [0.1, 0.15) is 21.3 Å². The van der Waals surface area contributed by atoms with Crippen LogP contribution in [-0.4, -0.2) is 42.9 Å². The lowest BCUT2D eigenvalue weighted by atomic mass is 10.0. The average Bonchev–Trinajstić information content (AvgIpc) is 3.14. The van der Waals surface area contributed by atoms with Gasteiger partial charge in [-0.05, 0) is 23.1 Å². The highest BCUT2D eigenvalue weighted by Crippen LogP contribution is 2.28. The molecule has 7 heteroatoms. The van der Waals surface area contributed by atoms with Crippen molar-refractivity contribution >= 4 is 34.8 Å². The number of amides is 2. The van der Waals surface area contributed by atoms with Crippen molar-refractivity contribution in [2.24, 2.45) is 0 Å². The van der Waals surface area contributed by atoms with Crippen LogP contribution in [0, 0.1) is 0 Å². The second kappa shape index (κ2) is 7.79. The summed E-state index contributed by atoms with van der Waals surface area (Å²) in [4.78, 5) is 27.0. The van der Waals surface area contributed by atoms with Crippen molar-refractivity contribution < 1.29 is 9.59 Å². The van der Waals surface area contributed by atoms with Crippen molar-refractivity contribution in [1.82, 2.24) is 15.5 Å². The van der Waals surface area contributed by atoms with Crippen LogP contribution >= 0.6 is 22.9 Å². The SMILES string of the molecule is O=C(NCC(=O)N1CCNCC1c1ccccc1Cl)c1cccs1. The number of hydrogen-bond donors (Lipinski definition) is 2. The van der Waals surface area contributed by atoms with Gasteiger partial charge in [0.1, 0.15) is 0 Å². The van der Waals surface area contributed by atoms with Crippen LogP contribution in [-0.2, 0) is 4.79 Å². The van der Waals surface area contributed by atoms with E-state index in [9.17, 15) is 9.59 Å². The van der Waals surface area contributed by atoms with Gasteiger partial charge in [0, 0.05) is 24.7 Å². The summed E-state index contributed by atoms with van der Waals surface area (Å²) >= 11 is 7.64. The van der Waals surface area contributed by atoms with Crippen LogP contribution in [0.5, 0.6) is 0 Å². The Bertz CT molecular complexity index is 720. The third kappa shape index (κ3) is 3.77. The van der Waals surface area contributed by atoms with Crippen molar-refractivity contribution in [3.63, 3.8) is 0 Å². The zero-order valence-electron chi connectivity index (χ0n) is 13.0. The number of carbonyl (C=O) groups is 2. The number of halogens is 1. The van der Waals surface area contributed by atoms with Crippen molar-refractivity contribution in [2.45, 2.75) is 6.04 Å². The molecule has 2 N–H and O–H groups in total. The molecule has 1 atom stereocenters. The van der Waals surface area contributed by atoms with Gasteiger partial charge in [0.05, 0.1) is 17.5 Å². The standard InChI is InChI=1S/C17H18ClN3O2S/c18-13-5-2-1-4-12(13)14-10-19-7-8-21(14)16(22)11-20-17(23)15-6-3-9-24-15/h1-6,9,14,19H,7-8,10-11H2,(H,20,23). The smallest absolute Gasteiger partial charge is 0.261 e. The third-order valence-corrected chi connectivity index (χ3v) is 5.19. The van der Waals surface area contributed by atoms with Gasteiger partial charge in [-0.25, -0.2) is 0 Å². The van der Waals surface area contributed by atoms with Crippen molar-refractivity contribution in [2.75, 3.05) is 26.2 Å². The quantitative estimate of drug-likeness (QED) is 0.876. The first-order valence-electron chi connectivity index (χ1n) is 7.73. The third-order valence-electron chi connectivity index (χ3n) is 3.97. The van der Waals surface area contributed by atoms with Crippen LogP contribution < -0.4 is 10.6 Å². The number of carbonyl (C=O) groups excluding carboxylic acids is 2. The molecule has 5 nitrogen and oxygen atoms in total. The van der Waals surface area contributed by atoms with E-state index in [4.69, 9.17) is 11.6 Å². The Morgan fingerprint density at radius 2 is 2.12 bits per heavy atom. The minimum atomic E-state index is -0.220. The van der Waals surface area contributed by atoms with Gasteiger partial charge < -0.3 is 15.5 Å². The molecular formula is C17H18ClN3O2S. The lowest BCUT2D eigenvalue weighted by Gasteiger charge is -2.37. The summed E-state index contributed by atoms with van der Waals surface area (Å²) in [6.45, 7) is 1.95. The minimum Gasteiger partial charge on any atom is -0.342 e. The predicted molar refractivity (Wildman–Crippen MR) is 95.4 cm³/mol. The maximum atomic E-state index is 12.6. The monoisotopic (exact) mass is 363 g/mol. The zero-order chi connectivity index (χ0) is 16.9. The van der Waals surface area contributed by atoms with Gasteiger partial charge in [-0.15, -0.1) is 11.3 Å². The lowest BCUT2D eigenvalue weighted by molar-refractivity contribution is -0.133. The number of nitrogens with one attached hydrogen (secondary N) is 2. The Balaban J connectivity index is 1.68. The molecule has 1 aliphatic heterocycles.